The van der Waals surface area contributed by atoms with E-state index < -0.39 is 0 Å². The van der Waals surface area contributed by atoms with Crippen molar-refractivity contribution in [3.05, 3.63) is 66.0 Å². The number of aromatic nitrogens is 3. The standard InChI is InChI=1S/C16H15N3S/c1-12-17-16(19-18-12)20-11-13-7-9-15(10-8-13)14-5-3-2-4-6-14/h2-10H,11H2,1H3,(H,17,18,19). The van der Waals surface area contributed by atoms with Crippen LogP contribution in [0.25, 0.3) is 11.1 Å². The summed E-state index contributed by atoms with van der Waals surface area (Å²) in [7, 11) is 0. The fraction of sp³-hybridized carbons (Fsp3) is 0.125. The van der Waals surface area contributed by atoms with E-state index >= 15 is 0 Å². The summed E-state index contributed by atoms with van der Waals surface area (Å²) in [6.45, 7) is 1.91. The van der Waals surface area contributed by atoms with Crippen molar-refractivity contribution in [2.45, 2.75) is 17.8 Å². The Balaban J connectivity index is 1.67. The summed E-state index contributed by atoms with van der Waals surface area (Å²) >= 11 is 1.64. The van der Waals surface area contributed by atoms with Crippen molar-refractivity contribution in [2.24, 2.45) is 0 Å². The van der Waals surface area contributed by atoms with E-state index in [0.29, 0.717) is 0 Å². The molecule has 0 aliphatic heterocycles. The third kappa shape index (κ3) is 3.08. The van der Waals surface area contributed by atoms with Crippen LogP contribution in [-0.2, 0) is 5.75 Å². The van der Waals surface area contributed by atoms with E-state index in [4.69, 9.17) is 0 Å². The van der Waals surface area contributed by atoms with Gasteiger partial charge in [-0.15, -0.1) is 5.10 Å². The highest BCUT2D eigenvalue weighted by atomic mass is 32.2. The summed E-state index contributed by atoms with van der Waals surface area (Å²) in [5.41, 5.74) is 3.77. The zero-order valence-corrected chi connectivity index (χ0v) is 12.0. The number of rotatable bonds is 4. The number of nitrogens with one attached hydrogen (secondary N) is 1. The molecule has 100 valence electrons. The summed E-state index contributed by atoms with van der Waals surface area (Å²) in [4.78, 5) is 4.29. The molecule has 1 heterocycles. The van der Waals surface area contributed by atoms with E-state index in [2.05, 4.69) is 63.7 Å². The van der Waals surface area contributed by atoms with Crippen molar-refractivity contribution < 1.29 is 0 Å². The predicted octanol–water partition coefficient (Wildman–Crippen LogP) is 4.07. The third-order valence-electron chi connectivity index (χ3n) is 3.01. The Bertz CT molecular complexity index is 674. The number of nitrogens with zero attached hydrogens (tertiary/aromatic N) is 2. The molecule has 1 N–H and O–H groups in total. The van der Waals surface area contributed by atoms with Crippen LogP contribution in [0.3, 0.4) is 0 Å². The van der Waals surface area contributed by atoms with E-state index in [0.717, 1.165) is 16.7 Å². The average molecular weight is 281 g/mol. The van der Waals surface area contributed by atoms with Gasteiger partial charge in [0.15, 0.2) is 0 Å². The molecule has 2 aromatic carbocycles. The number of aryl methyl sites for hydroxylation is 1. The minimum atomic E-state index is 0.801. The molecule has 3 aromatic rings. The van der Waals surface area contributed by atoms with Crippen molar-refractivity contribution in [3.63, 3.8) is 0 Å². The molecule has 0 saturated carbocycles. The minimum Gasteiger partial charge on any atom is -0.262 e. The van der Waals surface area contributed by atoms with E-state index in [1.54, 1.807) is 11.8 Å². The molecule has 20 heavy (non-hydrogen) atoms. The van der Waals surface area contributed by atoms with Crippen LogP contribution >= 0.6 is 11.8 Å². The van der Waals surface area contributed by atoms with Crippen molar-refractivity contribution in [1.82, 2.24) is 15.2 Å². The quantitative estimate of drug-likeness (QED) is 0.733. The summed E-state index contributed by atoms with van der Waals surface area (Å²) in [6.07, 6.45) is 0. The van der Waals surface area contributed by atoms with Gasteiger partial charge in [-0.25, -0.2) is 4.98 Å². The van der Waals surface area contributed by atoms with Crippen molar-refractivity contribution in [2.75, 3.05) is 0 Å². The van der Waals surface area contributed by atoms with Gasteiger partial charge in [0.1, 0.15) is 5.82 Å². The lowest BCUT2D eigenvalue weighted by Crippen LogP contribution is -1.83. The average Bonchev–Trinajstić information content (AvgIpc) is 2.92. The second-order valence-corrected chi connectivity index (χ2v) is 5.50. The lowest BCUT2D eigenvalue weighted by atomic mass is 10.0. The molecule has 3 nitrogen and oxygen atoms in total. The zero-order valence-electron chi connectivity index (χ0n) is 11.2. The van der Waals surface area contributed by atoms with Gasteiger partial charge in [-0.2, -0.15) is 0 Å². The van der Waals surface area contributed by atoms with Crippen LogP contribution < -0.4 is 0 Å². The SMILES string of the molecule is Cc1nc(SCc2ccc(-c3ccccc3)cc2)n[nH]1. The molecule has 0 unspecified atom stereocenters. The molecule has 3 rings (SSSR count). The lowest BCUT2D eigenvalue weighted by molar-refractivity contribution is 0.969. The molecule has 0 atom stereocenters. The summed E-state index contributed by atoms with van der Waals surface area (Å²) in [6, 6.07) is 19.1. The van der Waals surface area contributed by atoms with Gasteiger partial charge in [0, 0.05) is 5.75 Å². The maximum atomic E-state index is 4.29. The highest BCUT2D eigenvalue weighted by molar-refractivity contribution is 7.98. The highest BCUT2D eigenvalue weighted by Gasteiger charge is 2.02. The van der Waals surface area contributed by atoms with Crippen LogP contribution in [-0.4, -0.2) is 15.2 Å². The monoisotopic (exact) mass is 281 g/mol. The highest BCUT2D eigenvalue weighted by Crippen LogP contribution is 2.23. The van der Waals surface area contributed by atoms with Crippen LogP contribution in [0.5, 0.6) is 0 Å². The second kappa shape index (κ2) is 5.92. The van der Waals surface area contributed by atoms with Gasteiger partial charge in [0.05, 0.1) is 0 Å². The van der Waals surface area contributed by atoms with Gasteiger partial charge in [-0.1, -0.05) is 66.4 Å². The van der Waals surface area contributed by atoms with Crippen LogP contribution in [0.1, 0.15) is 11.4 Å². The van der Waals surface area contributed by atoms with E-state index in [1.165, 1.54) is 16.7 Å². The molecule has 1 aromatic heterocycles. The zero-order chi connectivity index (χ0) is 13.8. The fourth-order valence-electron chi connectivity index (χ4n) is 1.96. The number of aromatic amines is 1. The minimum absolute atomic E-state index is 0.801. The third-order valence-corrected chi connectivity index (χ3v) is 3.92. The smallest absolute Gasteiger partial charge is 0.208 e. The van der Waals surface area contributed by atoms with Crippen molar-refractivity contribution >= 4 is 11.8 Å². The first-order valence-corrected chi connectivity index (χ1v) is 7.46. The largest absolute Gasteiger partial charge is 0.262 e. The van der Waals surface area contributed by atoms with E-state index in [9.17, 15) is 0 Å². The molecule has 0 saturated heterocycles. The molecule has 0 fully saturated rings. The first-order chi connectivity index (χ1) is 9.81. The second-order valence-electron chi connectivity index (χ2n) is 4.56. The number of hydrogen-bond donors (Lipinski definition) is 1. The summed E-state index contributed by atoms with van der Waals surface area (Å²) in [5, 5.41) is 7.78. The lowest BCUT2D eigenvalue weighted by Gasteiger charge is -2.03. The predicted molar refractivity (Wildman–Crippen MR) is 82.6 cm³/mol. The maximum absolute atomic E-state index is 4.29. The molecule has 0 radical (unpaired) electrons. The molecule has 0 aliphatic rings. The van der Waals surface area contributed by atoms with Gasteiger partial charge in [0.2, 0.25) is 5.16 Å². The fourth-order valence-corrected chi connectivity index (χ4v) is 2.76. The van der Waals surface area contributed by atoms with Crippen LogP contribution in [0.15, 0.2) is 59.8 Å². The Hall–Kier alpha value is -2.07. The van der Waals surface area contributed by atoms with Crippen molar-refractivity contribution in [3.8, 4) is 11.1 Å². The Labute approximate surface area is 122 Å². The van der Waals surface area contributed by atoms with Crippen LogP contribution in [0.2, 0.25) is 0 Å². The molecule has 4 heteroatoms. The molecular weight excluding hydrogens is 266 g/mol. The molecule has 0 aliphatic carbocycles. The van der Waals surface area contributed by atoms with E-state index in [1.807, 2.05) is 13.0 Å². The number of H-pyrrole nitrogens is 1. The Morgan fingerprint density at radius 1 is 0.950 bits per heavy atom. The van der Waals surface area contributed by atoms with Gasteiger partial charge < -0.3 is 0 Å². The van der Waals surface area contributed by atoms with Gasteiger partial charge in [-0.05, 0) is 23.6 Å². The first-order valence-electron chi connectivity index (χ1n) is 6.47. The van der Waals surface area contributed by atoms with E-state index in [-0.39, 0.29) is 0 Å². The normalized spacial score (nSPS) is 10.7. The van der Waals surface area contributed by atoms with Crippen LogP contribution in [0.4, 0.5) is 0 Å². The first kappa shape index (κ1) is 12.9. The molecule has 0 amide bonds. The topological polar surface area (TPSA) is 41.6 Å². The number of hydrogen-bond acceptors (Lipinski definition) is 3. The van der Waals surface area contributed by atoms with Crippen molar-refractivity contribution in [1.29, 1.82) is 0 Å². The van der Waals surface area contributed by atoms with Gasteiger partial charge in [-0.3, -0.25) is 5.10 Å². The Kier molecular flexibility index (Phi) is 3.83. The molecular formula is C16H15N3S. The maximum Gasteiger partial charge on any atom is 0.208 e. The van der Waals surface area contributed by atoms with Gasteiger partial charge >= 0.3 is 0 Å². The summed E-state index contributed by atoms with van der Waals surface area (Å²) < 4.78 is 0. The molecule has 0 spiro atoms. The number of thioether (sulfide) groups is 1. The van der Waals surface area contributed by atoms with Crippen LogP contribution in [0, 0.1) is 6.92 Å². The summed E-state index contributed by atoms with van der Waals surface area (Å²) in [5.74, 6) is 1.73. The Morgan fingerprint density at radius 2 is 1.65 bits per heavy atom. The number of benzene rings is 2. The van der Waals surface area contributed by atoms with Gasteiger partial charge in [0.25, 0.3) is 0 Å². The molecule has 0 bridgehead atoms. The Morgan fingerprint density at radius 3 is 2.30 bits per heavy atom.